The monoisotopic (exact) mass is 318 g/mol. The van der Waals surface area contributed by atoms with Crippen molar-refractivity contribution < 1.29 is 18.7 Å². The molecular weight excluding hydrogens is 299 g/mol. The first-order valence-electron chi connectivity index (χ1n) is 7.66. The molecule has 0 bridgehead atoms. The van der Waals surface area contributed by atoms with E-state index in [1.54, 1.807) is 24.1 Å². The topological polar surface area (TPSA) is 51.5 Å². The minimum atomic E-state index is -0.509. The van der Waals surface area contributed by atoms with E-state index in [9.17, 15) is 14.0 Å². The van der Waals surface area contributed by atoms with Crippen LogP contribution in [-0.2, 0) is 22.5 Å². The fourth-order valence-electron chi connectivity index (χ4n) is 3.22. The van der Waals surface area contributed by atoms with Crippen LogP contribution in [0, 0.1) is 5.82 Å². The summed E-state index contributed by atoms with van der Waals surface area (Å²) in [5.41, 5.74) is 1.52. The van der Waals surface area contributed by atoms with E-state index in [4.69, 9.17) is 4.74 Å². The number of aryl methyl sites for hydroxylation is 1. The third kappa shape index (κ3) is 2.58. The quantitative estimate of drug-likeness (QED) is 0.799. The molecule has 2 aromatic rings. The highest BCUT2D eigenvalue weighted by Crippen LogP contribution is 2.31. The molecule has 0 N–H and O–H groups in total. The summed E-state index contributed by atoms with van der Waals surface area (Å²) in [5.74, 6) is -1.13. The van der Waals surface area contributed by atoms with Gasteiger partial charge in [-0.15, -0.1) is 0 Å². The fraction of sp³-hybridized carbons (Fsp3) is 0.412. The summed E-state index contributed by atoms with van der Waals surface area (Å²) < 4.78 is 20.6. The van der Waals surface area contributed by atoms with Crippen LogP contribution in [-0.4, -0.2) is 42.0 Å². The first-order valence-corrected chi connectivity index (χ1v) is 7.66. The van der Waals surface area contributed by atoms with Gasteiger partial charge in [0.25, 0.3) is 5.91 Å². The molecule has 0 aliphatic carbocycles. The number of hydrogen-bond donors (Lipinski definition) is 0. The zero-order valence-corrected chi connectivity index (χ0v) is 13.3. The standard InChI is InChI=1S/C17H19FN2O3/c1-19-9-4-3-6-12-11-7-5-8-13(18)15(11)20(10-14(21)23-2)16(12)17(19)22/h5,7-8H,3-4,6,9-10H2,1-2H3. The lowest BCUT2D eigenvalue weighted by molar-refractivity contribution is -0.141. The summed E-state index contributed by atoms with van der Waals surface area (Å²) in [6.07, 6.45) is 2.52. The number of rotatable bonds is 2. The fourth-order valence-corrected chi connectivity index (χ4v) is 3.22. The van der Waals surface area contributed by atoms with Gasteiger partial charge in [0.05, 0.1) is 12.6 Å². The number of fused-ring (bicyclic) bond motifs is 3. The Hall–Kier alpha value is -2.37. The van der Waals surface area contributed by atoms with Gasteiger partial charge >= 0.3 is 5.97 Å². The van der Waals surface area contributed by atoms with Crippen molar-refractivity contribution in [2.24, 2.45) is 0 Å². The van der Waals surface area contributed by atoms with E-state index in [0.717, 1.165) is 18.4 Å². The molecule has 0 spiro atoms. The molecule has 1 amide bonds. The van der Waals surface area contributed by atoms with Gasteiger partial charge in [0, 0.05) is 19.0 Å². The van der Waals surface area contributed by atoms with Crippen LogP contribution in [0.4, 0.5) is 4.39 Å². The van der Waals surface area contributed by atoms with E-state index >= 15 is 0 Å². The van der Waals surface area contributed by atoms with Crippen LogP contribution in [0.15, 0.2) is 18.2 Å². The molecule has 5 nitrogen and oxygen atoms in total. The molecule has 6 heteroatoms. The van der Waals surface area contributed by atoms with Gasteiger partial charge < -0.3 is 14.2 Å². The molecule has 2 heterocycles. The number of methoxy groups -OCH3 is 1. The predicted octanol–water partition coefficient (Wildman–Crippen LogP) is 2.36. The van der Waals surface area contributed by atoms with Crippen molar-refractivity contribution in [2.45, 2.75) is 25.8 Å². The van der Waals surface area contributed by atoms with Crippen LogP contribution in [0.25, 0.3) is 10.9 Å². The van der Waals surface area contributed by atoms with Crippen LogP contribution < -0.4 is 0 Å². The Morgan fingerprint density at radius 3 is 2.87 bits per heavy atom. The molecule has 1 aliphatic heterocycles. The molecule has 0 fully saturated rings. The summed E-state index contributed by atoms with van der Waals surface area (Å²) in [4.78, 5) is 26.2. The van der Waals surface area contributed by atoms with Crippen LogP contribution in [0.5, 0.6) is 0 Å². The van der Waals surface area contributed by atoms with Crippen molar-refractivity contribution >= 4 is 22.8 Å². The van der Waals surface area contributed by atoms with Crippen LogP contribution in [0.3, 0.4) is 0 Å². The number of halogens is 1. The van der Waals surface area contributed by atoms with E-state index in [2.05, 4.69) is 0 Å². The van der Waals surface area contributed by atoms with Crippen molar-refractivity contribution in [3.63, 3.8) is 0 Å². The molecule has 3 rings (SSSR count). The number of aromatic nitrogens is 1. The number of nitrogens with zero attached hydrogens (tertiary/aromatic N) is 2. The zero-order valence-electron chi connectivity index (χ0n) is 13.3. The van der Waals surface area contributed by atoms with Gasteiger partial charge in [0.2, 0.25) is 0 Å². The van der Waals surface area contributed by atoms with Crippen LogP contribution >= 0.6 is 0 Å². The molecule has 1 aromatic heterocycles. The molecule has 0 unspecified atom stereocenters. The molecule has 1 aromatic carbocycles. The molecule has 0 atom stereocenters. The number of carbonyl (C=O) groups excluding carboxylic acids is 2. The number of amides is 1. The Morgan fingerprint density at radius 2 is 2.13 bits per heavy atom. The minimum absolute atomic E-state index is 0.178. The third-order valence-corrected chi connectivity index (χ3v) is 4.37. The van der Waals surface area contributed by atoms with Crippen molar-refractivity contribution in [3.05, 3.63) is 35.3 Å². The minimum Gasteiger partial charge on any atom is -0.468 e. The summed E-state index contributed by atoms with van der Waals surface area (Å²) in [5, 5.41) is 0.701. The van der Waals surface area contributed by atoms with Crippen molar-refractivity contribution in [2.75, 3.05) is 20.7 Å². The van der Waals surface area contributed by atoms with Crippen molar-refractivity contribution in [1.82, 2.24) is 9.47 Å². The first-order chi connectivity index (χ1) is 11.0. The molecular formula is C17H19FN2O3. The molecule has 1 aliphatic rings. The number of carbonyl (C=O) groups is 2. The second-order valence-electron chi connectivity index (χ2n) is 5.81. The van der Waals surface area contributed by atoms with E-state index in [1.165, 1.54) is 17.7 Å². The Balaban J connectivity index is 2.31. The summed E-state index contributed by atoms with van der Waals surface area (Å²) in [7, 11) is 3.01. The number of ether oxygens (including phenoxy) is 1. The predicted molar refractivity (Wildman–Crippen MR) is 83.8 cm³/mol. The Morgan fingerprint density at radius 1 is 1.35 bits per heavy atom. The van der Waals surface area contributed by atoms with E-state index < -0.39 is 11.8 Å². The first kappa shape index (κ1) is 15.5. The summed E-state index contributed by atoms with van der Waals surface area (Å²) in [6.45, 7) is 0.476. The van der Waals surface area contributed by atoms with Gasteiger partial charge in [-0.05, 0) is 30.9 Å². The normalized spacial score (nSPS) is 15.3. The summed E-state index contributed by atoms with van der Waals surface area (Å²) >= 11 is 0. The van der Waals surface area contributed by atoms with Crippen molar-refractivity contribution in [3.8, 4) is 0 Å². The van der Waals surface area contributed by atoms with E-state index in [-0.39, 0.29) is 12.5 Å². The highest BCUT2D eigenvalue weighted by Gasteiger charge is 2.28. The molecule has 0 saturated heterocycles. The number of esters is 1. The number of benzene rings is 1. The second kappa shape index (κ2) is 6.02. The Bertz CT molecular complexity index is 782. The molecule has 0 radical (unpaired) electrons. The maximum absolute atomic E-state index is 14.4. The van der Waals surface area contributed by atoms with Gasteiger partial charge in [0.1, 0.15) is 18.1 Å². The number of para-hydroxylation sites is 1. The average Bonchev–Trinajstić information content (AvgIpc) is 2.83. The molecule has 0 saturated carbocycles. The maximum Gasteiger partial charge on any atom is 0.325 e. The second-order valence-corrected chi connectivity index (χ2v) is 5.81. The maximum atomic E-state index is 14.4. The van der Waals surface area contributed by atoms with Crippen LogP contribution in [0.1, 0.15) is 28.9 Å². The largest absolute Gasteiger partial charge is 0.468 e. The van der Waals surface area contributed by atoms with E-state index in [0.29, 0.717) is 29.6 Å². The number of hydrogen-bond acceptors (Lipinski definition) is 3. The van der Waals surface area contributed by atoms with Crippen molar-refractivity contribution in [1.29, 1.82) is 0 Å². The summed E-state index contributed by atoms with van der Waals surface area (Å²) in [6, 6.07) is 4.78. The van der Waals surface area contributed by atoms with E-state index in [1.807, 2.05) is 0 Å². The average molecular weight is 318 g/mol. The lowest BCUT2D eigenvalue weighted by Gasteiger charge is -2.22. The molecule has 23 heavy (non-hydrogen) atoms. The molecule has 122 valence electrons. The van der Waals surface area contributed by atoms with Gasteiger partial charge in [-0.2, -0.15) is 0 Å². The van der Waals surface area contributed by atoms with Gasteiger partial charge in [0.15, 0.2) is 0 Å². The van der Waals surface area contributed by atoms with Gasteiger partial charge in [-0.25, -0.2) is 4.39 Å². The lowest BCUT2D eigenvalue weighted by atomic mass is 10.0. The highest BCUT2D eigenvalue weighted by molar-refractivity contribution is 6.02. The van der Waals surface area contributed by atoms with Gasteiger partial charge in [-0.3, -0.25) is 9.59 Å². The Kier molecular flexibility index (Phi) is 4.07. The smallest absolute Gasteiger partial charge is 0.325 e. The lowest BCUT2D eigenvalue weighted by Crippen LogP contribution is -2.32. The zero-order chi connectivity index (χ0) is 16.6. The highest BCUT2D eigenvalue weighted by atomic mass is 19.1. The van der Waals surface area contributed by atoms with Crippen LogP contribution in [0.2, 0.25) is 0 Å². The Labute approximate surface area is 133 Å². The SMILES string of the molecule is COC(=O)Cn1c2c(c3cccc(F)c31)CCCCN(C)C2=O. The third-order valence-electron chi connectivity index (χ3n) is 4.37. The van der Waals surface area contributed by atoms with Gasteiger partial charge in [-0.1, -0.05) is 12.1 Å².